The van der Waals surface area contributed by atoms with E-state index in [9.17, 15) is 0 Å². The lowest BCUT2D eigenvalue weighted by Gasteiger charge is -2.09. The van der Waals surface area contributed by atoms with Gasteiger partial charge in [-0.3, -0.25) is 0 Å². The summed E-state index contributed by atoms with van der Waals surface area (Å²) in [6, 6.07) is 6.02. The third kappa shape index (κ3) is 2.76. The van der Waals surface area contributed by atoms with Crippen molar-refractivity contribution < 1.29 is 9.47 Å². The van der Waals surface area contributed by atoms with Crippen molar-refractivity contribution >= 4 is 22.6 Å². The van der Waals surface area contributed by atoms with Crippen LogP contribution in [0.15, 0.2) is 18.2 Å². The molecule has 0 saturated heterocycles. The molecule has 0 spiro atoms. The summed E-state index contributed by atoms with van der Waals surface area (Å²) in [7, 11) is 1.66. The molecular weight excluding hydrogens is 279 g/mol. The van der Waals surface area contributed by atoms with Crippen LogP contribution in [0.1, 0.15) is 12.5 Å². The summed E-state index contributed by atoms with van der Waals surface area (Å²) < 4.78 is 11.6. The lowest BCUT2D eigenvalue weighted by molar-refractivity contribution is 0.311. The third-order valence-electron chi connectivity index (χ3n) is 1.68. The van der Waals surface area contributed by atoms with Crippen LogP contribution >= 0.6 is 22.6 Å². The first kappa shape index (κ1) is 10.6. The Morgan fingerprint density at radius 1 is 1.31 bits per heavy atom. The van der Waals surface area contributed by atoms with E-state index in [0.29, 0.717) is 6.61 Å². The molecule has 0 N–H and O–H groups in total. The molecular formula is C10H13IO2. The SMILES string of the molecule is CCOc1ccc(CI)cc1OC. The molecule has 72 valence electrons. The maximum absolute atomic E-state index is 5.40. The number of halogens is 1. The summed E-state index contributed by atoms with van der Waals surface area (Å²) in [5.41, 5.74) is 1.25. The summed E-state index contributed by atoms with van der Waals surface area (Å²) in [4.78, 5) is 0. The zero-order valence-electron chi connectivity index (χ0n) is 7.84. The number of alkyl halides is 1. The number of methoxy groups -OCH3 is 1. The summed E-state index contributed by atoms with van der Waals surface area (Å²) >= 11 is 2.32. The molecule has 1 aromatic carbocycles. The minimum Gasteiger partial charge on any atom is -0.493 e. The maximum atomic E-state index is 5.40. The van der Waals surface area contributed by atoms with E-state index in [-0.39, 0.29) is 0 Å². The van der Waals surface area contributed by atoms with Crippen molar-refractivity contribution in [1.29, 1.82) is 0 Å². The van der Waals surface area contributed by atoms with Gasteiger partial charge in [0.2, 0.25) is 0 Å². The van der Waals surface area contributed by atoms with E-state index in [1.54, 1.807) is 7.11 Å². The van der Waals surface area contributed by atoms with Crippen molar-refractivity contribution in [2.45, 2.75) is 11.4 Å². The van der Waals surface area contributed by atoms with Gasteiger partial charge in [0.05, 0.1) is 13.7 Å². The lowest BCUT2D eigenvalue weighted by atomic mass is 10.2. The van der Waals surface area contributed by atoms with Gasteiger partial charge in [0.1, 0.15) is 0 Å². The van der Waals surface area contributed by atoms with E-state index in [2.05, 4.69) is 28.7 Å². The van der Waals surface area contributed by atoms with E-state index in [1.807, 2.05) is 19.1 Å². The first-order chi connectivity index (χ1) is 6.31. The summed E-state index contributed by atoms with van der Waals surface area (Å²) in [5.74, 6) is 1.63. The molecule has 0 atom stereocenters. The van der Waals surface area contributed by atoms with Gasteiger partial charge in [0.15, 0.2) is 11.5 Å². The normalized spacial score (nSPS) is 9.77. The molecule has 0 aliphatic carbocycles. The van der Waals surface area contributed by atoms with E-state index < -0.39 is 0 Å². The molecule has 0 heterocycles. The van der Waals surface area contributed by atoms with Crippen LogP contribution in [-0.4, -0.2) is 13.7 Å². The Labute approximate surface area is 92.4 Å². The molecule has 0 saturated carbocycles. The molecule has 0 amide bonds. The van der Waals surface area contributed by atoms with Crippen molar-refractivity contribution in [1.82, 2.24) is 0 Å². The number of hydrogen-bond acceptors (Lipinski definition) is 2. The van der Waals surface area contributed by atoms with Crippen molar-refractivity contribution in [3.8, 4) is 11.5 Å². The summed E-state index contributed by atoms with van der Waals surface area (Å²) in [6.07, 6.45) is 0. The van der Waals surface area contributed by atoms with Gasteiger partial charge in [-0.05, 0) is 24.6 Å². The topological polar surface area (TPSA) is 18.5 Å². The Kier molecular flexibility index (Phi) is 4.35. The highest BCUT2D eigenvalue weighted by Gasteiger charge is 2.03. The number of rotatable bonds is 4. The summed E-state index contributed by atoms with van der Waals surface area (Å²) in [5, 5.41) is 0. The fourth-order valence-electron chi connectivity index (χ4n) is 1.07. The molecule has 13 heavy (non-hydrogen) atoms. The van der Waals surface area contributed by atoms with E-state index in [1.165, 1.54) is 5.56 Å². The van der Waals surface area contributed by atoms with Gasteiger partial charge in [-0.15, -0.1) is 0 Å². The van der Waals surface area contributed by atoms with Crippen molar-refractivity contribution in [2.75, 3.05) is 13.7 Å². The van der Waals surface area contributed by atoms with Crippen molar-refractivity contribution in [3.63, 3.8) is 0 Å². The van der Waals surface area contributed by atoms with Crippen LogP contribution in [0.2, 0.25) is 0 Å². The monoisotopic (exact) mass is 292 g/mol. The minimum atomic E-state index is 0.667. The second-order valence-electron chi connectivity index (χ2n) is 2.55. The number of benzene rings is 1. The van der Waals surface area contributed by atoms with Crippen molar-refractivity contribution in [3.05, 3.63) is 23.8 Å². The van der Waals surface area contributed by atoms with Crippen LogP contribution in [-0.2, 0) is 4.43 Å². The van der Waals surface area contributed by atoms with Crippen LogP contribution in [0.5, 0.6) is 11.5 Å². The maximum Gasteiger partial charge on any atom is 0.161 e. The van der Waals surface area contributed by atoms with Crippen LogP contribution in [0.3, 0.4) is 0 Å². The molecule has 0 aliphatic heterocycles. The van der Waals surface area contributed by atoms with Gasteiger partial charge in [-0.2, -0.15) is 0 Å². The van der Waals surface area contributed by atoms with E-state index in [0.717, 1.165) is 15.9 Å². The van der Waals surface area contributed by atoms with Crippen LogP contribution in [0.4, 0.5) is 0 Å². The third-order valence-corrected chi connectivity index (χ3v) is 2.56. The van der Waals surface area contributed by atoms with Gasteiger partial charge >= 0.3 is 0 Å². The molecule has 0 aliphatic rings. The molecule has 0 fully saturated rings. The van der Waals surface area contributed by atoms with Gasteiger partial charge in [0.25, 0.3) is 0 Å². The first-order valence-corrected chi connectivity index (χ1v) is 5.70. The molecule has 0 aromatic heterocycles. The Morgan fingerprint density at radius 2 is 2.08 bits per heavy atom. The smallest absolute Gasteiger partial charge is 0.161 e. The van der Waals surface area contributed by atoms with Gasteiger partial charge in [-0.25, -0.2) is 0 Å². The molecule has 2 nitrogen and oxygen atoms in total. The average Bonchev–Trinajstić information content (AvgIpc) is 2.19. The fraction of sp³-hybridized carbons (Fsp3) is 0.400. The zero-order chi connectivity index (χ0) is 9.68. The first-order valence-electron chi connectivity index (χ1n) is 4.17. The van der Waals surface area contributed by atoms with Gasteiger partial charge < -0.3 is 9.47 Å². The number of ether oxygens (including phenoxy) is 2. The number of hydrogen-bond donors (Lipinski definition) is 0. The Balaban J connectivity index is 2.93. The molecule has 0 unspecified atom stereocenters. The van der Waals surface area contributed by atoms with E-state index in [4.69, 9.17) is 9.47 Å². The fourth-order valence-corrected chi connectivity index (χ4v) is 1.54. The molecule has 3 heteroatoms. The Bertz CT molecular complexity index is 274. The average molecular weight is 292 g/mol. The van der Waals surface area contributed by atoms with Crippen LogP contribution in [0, 0.1) is 0 Å². The standard InChI is InChI=1S/C10H13IO2/c1-3-13-9-5-4-8(7-11)6-10(9)12-2/h4-6H,3,7H2,1-2H3. The highest BCUT2D eigenvalue weighted by Crippen LogP contribution is 2.28. The highest BCUT2D eigenvalue weighted by atomic mass is 127. The minimum absolute atomic E-state index is 0.667. The molecule has 1 aromatic rings. The predicted molar refractivity (Wildman–Crippen MR) is 61.9 cm³/mol. The van der Waals surface area contributed by atoms with Gasteiger partial charge in [0, 0.05) is 4.43 Å². The quantitative estimate of drug-likeness (QED) is 0.627. The second kappa shape index (κ2) is 5.32. The largest absolute Gasteiger partial charge is 0.493 e. The van der Waals surface area contributed by atoms with Crippen molar-refractivity contribution in [2.24, 2.45) is 0 Å². The molecule has 0 radical (unpaired) electrons. The summed E-state index contributed by atoms with van der Waals surface area (Å²) in [6.45, 7) is 2.63. The second-order valence-corrected chi connectivity index (χ2v) is 3.31. The van der Waals surface area contributed by atoms with Crippen LogP contribution < -0.4 is 9.47 Å². The Morgan fingerprint density at radius 3 is 2.62 bits per heavy atom. The zero-order valence-corrected chi connectivity index (χ0v) is 10.00. The van der Waals surface area contributed by atoms with Gasteiger partial charge in [-0.1, -0.05) is 28.7 Å². The molecule has 0 bridgehead atoms. The predicted octanol–water partition coefficient (Wildman–Crippen LogP) is 3.03. The Hall–Kier alpha value is -0.450. The molecule has 1 rings (SSSR count). The highest BCUT2D eigenvalue weighted by molar-refractivity contribution is 14.1. The van der Waals surface area contributed by atoms with E-state index >= 15 is 0 Å². The lowest BCUT2D eigenvalue weighted by Crippen LogP contribution is -1.95. The van der Waals surface area contributed by atoms with Crippen LogP contribution in [0.25, 0.3) is 0 Å².